The van der Waals surface area contributed by atoms with Crippen molar-refractivity contribution in [1.82, 2.24) is 10.3 Å². The summed E-state index contributed by atoms with van der Waals surface area (Å²) in [6.07, 6.45) is 1.20. The zero-order valence-electron chi connectivity index (χ0n) is 25.2. The molecule has 1 saturated carbocycles. The molecular weight excluding hydrogens is 592 g/mol. The molecule has 11 heteroatoms. The van der Waals surface area contributed by atoms with E-state index in [0.717, 1.165) is 32.7 Å². The highest BCUT2D eigenvalue weighted by Gasteiger charge is 2.31. The van der Waals surface area contributed by atoms with Gasteiger partial charge in [-0.1, -0.05) is 12.1 Å². The number of pyridine rings is 1. The number of nitrogens with zero attached hydrogens (tertiary/aromatic N) is 1. The van der Waals surface area contributed by atoms with Crippen LogP contribution in [-0.4, -0.2) is 53.7 Å². The van der Waals surface area contributed by atoms with Gasteiger partial charge in [-0.05, 0) is 84.7 Å². The third kappa shape index (κ3) is 5.94. The van der Waals surface area contributed by atoms with Crippen LogP contribution >= 0.6 is 11.3 Å². The first-order chi connectivity index (χ1) is 21.7. The largest absolute Gasteiger partial charge is 0.493 e. The van der Waals surface area contributed by atoms with Crippen LogP contribution in [0.25, 0.3) is 21.6 Å². The highest BCUT2D eigenvalue weighted by atomic mass is 32.1. The summed E-state index contributed by atoms with van der Waals surface area (Å²) in [4.78, 5) is 45.7. The van der Waals surface area contributed by atoms with E-state index < -0.39 is 18.0 Å². The molecule has 0 bridgehead atoms. The minimum Gasteiger partial charge on any atom is -0.493 e. The maximum atomic E-state index is 14.2. The van der Waals surface area contributed by atoms with Crippen molar-refractivity contribution < 1.29 is 29.0 Å². The van der Waals surface area contributed by atoms with Crippen LogP contribution in [0.3, 0.4) is 0 Å². The molecule has 6 rings (SSSR count). The molecular formula is C34H34N4O6S. The third-order valence-electron chi connectivity index (χ3n) is 8.30. The number of aromatic nitrogens is 1. The Hall–Kier alpha value is -4.58. The molecule has 232 valence electrons. The van der Waals surface area contributed by atoms with E-state index in [1.54, 1.807) is 29.5 Å². The number of carbonyl (C=O) groups is 3. The Kier molecular flexibility index (Phi) is 8.41. The summed E-state index contributed by atoms with van der Waals surface area (Å²) >= 11 is 1.57. The molecule has 45 heavy (non-hydrogen) atoms. The fourth-order valence-electron chi connectivity index (χ4n) is 5.90. The number of nitrogens with two attached hydrogens (primary N) is 1. The molecule has 0 atom stereocenters. The van der Waals surface area contributed by atoms with Crippen LogP contribution in [0.1, 0.15) is 66.4 Å². The summed E-state index contributed by atoms with van der Waals surface area (Å²) in [5, 5.41) is 17.5. The van der Waals surface area contributed by atoms with Gasteiger partial charge in [0.2, 0.25) is 0 Å². The van der Waals surface area contributed by atoms with E-state index in [1.807, 2.05) is 31.4 Å². The second kappa shape index (κ2) is 12.4. The second-order valence-corrected chi connectivity index (χ2v) is 12.3. The van der Waals surface area contributed by atoms with Crippen molar-refractivity contribution in [3.8, 4) is 27.3 Å². The van der Waals surface area contributed by atoms with E-state index in [4.69, 9.17) is 15.2 Å². The fraction of sp³-hybridized carbons (Fsp3) is 0.294. The Morgan fingerprint density at radius 1 is 1.04 bits per heavy atom. The number of methoxy groups -OCH3 is 1. The molecule has 3 heterocycles. The van der Waals surface area contributed by atoms with Crippen LogP contribution in [0.15, 0.2) is 47.8 Å². The van der Waals surface area contributed by atoms with Gasteiger partial charge < -0.3 is 30.9 Å². The summed E-state index contributed by atoms with van der Waals surface area (Å²) in [6.45, 7) is 4.66. The van der Waals surface area contributed by atoms with E-state index in [2.05, 4.69) is 21.7 Å². The number of hydrogen-bond acceptors (Lipinski definition) is 9. The average Bonchev–Trinajstić information content (AvgIpc) is 3.42. The van der Waals surface area contributed by atoms with Gasteiger partial charge in [-0.25, -0.2) is 9.78 Å². The van der Waals surface area contributed by atoms with Gasteiger partial charge in [-0.3, -0.25) is 9.59 Å². The maximum Gasteiger partial charge on any atom is 0.357 e. The van der Waals surface area contributed by atoms with Gasteiger partial charge in [0.25, 0.3) is 11.8 Å². The number of fused-ring (bicyclic) bond motifs is 3. The Bertz CT molecular complexity index is 1800. The van der Waals surface area contributed by atoms with Crippen LogP contribution in [0.2, 0.25) is 0 Å². The molecule has 1 aliphatic carbocycles. The van der Waals surface area contributed by atoms with Crippen LogP contribution in [-0.2, 0) is 17.7 Å². The molecule has 2 amide bonds. The SMILES string of the molecule is COC(=O)c1nc(C(=O)NC2CC(O)C2)ccc1-c1cc2c(cc1C(=O)Nc1c(C)cc(CN)cc1C)-c1sccc1CCO2. The first-order valence-electron chi connectivity index (χ1n) is 14.7. The van der Waals surface area contributed by atoms with Gasteiger partial charge in [0.1, 0.15) is 11.4 Å². The lowest BCUT2D eigenvalue weighted by molar-refractivity contribution is 0.0560. The van der Waals surface area contributed by atoms with Crippen molar-refractivity contribution in [2.75, 3.05) is 19.0 Å². The molecule has 1 fully saturated rings. The van der Waals surface area contributed by atoms with Crippen molar-refractivity contribution in [1.29, 1.82) is 0 Å². The number of ether oxygens (including phenoxy) is 2. The topological polar surface area (TPSA) is 153 Å². The standard InChI is InChI=1S/C34H34N4O6S/c1-17-10-19(16-35)11-18(2)29(17)38-32(40)25-14-26-28(44-8-6-20-7-9-45-31(20)26)15-24(25)23-4-5-27(37-30(23)34(42)43-3)33(41)36-21-12-22(39)13-21/h4-5,7,9-11,14-15,21-22,39H,6,8,12-13,16,35H2,1-3H3,(H,36,41)(H,38,40). The van der Waals surface area contributed by atoms with E-state index in [-0.39, 0.29) is 23.3 Å². The van der Waals surface area contributed by atoms with E-state index in [1.165, 1.54) is 13.2 Å². The molecule has 0 radical (unpaired) electrons. The summed E-state index contributed by atoms with van der Waals surface area (Å²) in [5.41, 5.74) is 12.1. The number of esters is 1. The van der Waals surface area contributed by atoms with Crippen LogP contribution < -0.4 is 21.1 Å². The number of amides is 2. The lowest BCUT2D eigenvalue weighted by Gasteiger charge is -2.31. The Morgan fingerprint density at radius 2 is 1.80 bits per heavy atom. The molecule has 0 spiro atoms. The summed E-state index contributed by atoms with van der Waals surface area (Å²) in [7, 11) is 1.24. The molecule has 1 aliphatic heterocycles. The van der Waals surface area contributed by atoms with Crippen molar-refractivity contribution in [3.05, 3.63) is 87.0 Å². The van der Waals surface area contributed by atoms with Crippen molar-refractivity contribution in [2.45, 2.75) is 51.8 Å². The second-order valence-electron chi connectivity index (χ2n) is 11.4. The van der Waals surface area contributed by atoms with Crippen LogP contribution in [0, 0.1) is 13.8 Å². The quantitative estimate of drug-likeness (QED) is 0.214. The number of thiophene rings is 1. The Morgan fingerprint density at radius 3 is 2.49 bits per heavy atom. The van der Waals surface area contributed by atoms with Gasteiger partial charge in [0, 0.05) is 51.8 Å². The number of rotatable bonds is 7. The van der Waals surface area contributed by atoms with Crippen molar-refractivity contribution in [3.63, 3.8) is 0 Å². The van der Waals surface area contributed by atoms with Crippen LogP contribution in [0.5, 0.6) is 5.75 Å². The lowest BCUT2D eigenvalue weighted by Crippen LogP contribution is -2.47. The average molecular weight is 627 g/mol. The van der Waals surface area contributed by atoms with E-state index >= 15 is 0 Å². The minimum atomic E-state index is -0.759. The summed E-state index contributed by atoms with van der Waals surface area (Å²) in [5.74, 6) is -1.04. The molecule has 2 aromatic carbocycles. The number of aliphatic hydroxyl groups is 1. The highest BCUT2D eigenvalue weighted by molar-refractivity contribution is 7.13. The number of carbonyl (C=O) groups excluding carboxylic acids is 3. The normalized spacial score (nSPS) is 16.7. The third-order valence-corrected chi connectivity index (χ3v) is 9.29. The maximum absolute atomic E-state index is 14.2. The zero-order valence-corrected chi connectivity index (χ0v) is 26.0. The van der Waals surface area contributed by atoms with Gasteiger partial charge in [-0.15, -0.1) is 11.3 Å². The van der Waals surface area contributed by atoms with Gasteiger partial charge in [0.15, 0.2) is 5.69 Å². The number of nitrogens with one attached hydrogen (secondary N) is 2. The van der Waals surface area contributed by atoms with Crippen LogP contribution in [0.4, 0.5) is 5.69 Å². The number of benzene rings is 2. The molecule has 2 aromatic heterocycles. The first-order valence-corrected chi connectivity index (χ1v) is 15.6. The highest BCUT2D eigenvalue weighted by Crippen LogP contribution is 2.43. The van der Waals surface area contributed by atoms with E-state index in [9.17, 15) is 19.5 Å². The predicted octanol–water partition coefficient (Wildman–Crippen LogP) is 4.78. The zero-order chi connectivity index (χ0) is 31.8. The molecule has 4 aromatic rings. The molecule has 5 N–H and O–H groups in total. The molecule has 10 nitrogen and oxygen atoms in total. The Labute approximate surface area is 264 Å². The van der Waals surface area contributed by atoms with Crippen molar-refractivity contribution >= 4 is 34.8 Å². The van der Waals surface area contributed by atoms with Crippen molar-refractivity contribution in [2.24, 2.45) is 5.73 Å². The Balaban J connectivity index is 1.48. The number of aliphatic hydroxyl groups excluding tert-OH is 1. The summed E-state index contributed by atoms with van der Waals surface area (Å²) in [6, 6.07) is 12.4. The van der Waals surface area contributed by atoms with Gasteiger partial charge in [0.05, 0.1) is 19.8 Å². The lowest BCUT2D eigenvalue weighted by atomic mass is 9.89. The van der Waals surface area contributed by atoms with Gasteiger partial charge >= 0.3 is 5.97 Å². The number of hydrogen-bond donors (Lipinski definition) is 4. The van der Waals surface area contributed by atoms with E-state index in [0.29, 0.717) is 60.5 Å². The fourth-order valence-corrected chi connectivity index (χ4v) is 6.87. The number of aryl methyl sites for hydroxylation is 2. The molecule has 2 aliphatic rings. The molecule has 0 saturated heterocycles. The molecule has 0 unspecified atom stereocenters. The number of anilines is 1. The minimum absolute atomic E-state index is 0.0204. The first kappa shape index (κ1) is 30.4. The van der Waals surface area contributed by atoms with Gasteiger partial charge in [-0.2, -0.15) is 0 Å². The monoisotopic (exact) mass is 626 g/mol. The smallest absolute Gasteiger partial charge is 0.357 e. The predicted molar refractivity (Wildman–Crippen MR) is 172 cm³/mol. The summed E-state index contributed by atoms with van der Waals surface area (Å²) < 4.78 is 11.2.